The van der Waals surface area contributed by atoms with Crippen molar-refractivity contribution in [3.8, 4) is 0 Å². The minimum absolute atomic E-state index is 0.00722. The summed E-state index contributed by atoms with van der Waals surface area (Å²) in [6, 6.07) is 0.725. The largest absolute Gasteiger partial charge is 0.494 e. The molecule has 0 aromatic rings. The Bertz CT molecular complexity index is 378. The molecule has 2 aliphatic rings. The lowest BCUT2D eigenvalue weighted by molar-refractivity contribution is 0.0362. The lowest BCUT2D eigenvalue weighted by Crippen LogP contribution is -2.31. The summed E-state index contributed by atoms with van der Waals surface area (Å²) in [7, 11) is 1.67. The predicted molar refractivity (Wildman–Crippen MR) is 84.0 cm³/mol. The fourth-order valence-corrected chi connectivity index (χ4v) is 3.18. The van der Waals surface area contributed by atoms with Crippen molar-refractivity contribution < 1.29 is 14.6 Å². The fraction of sp³-hybridized carbons (Fsp3) is 0.765. The SMILES string of the molecule is COC1C=C(OCCCN2CCC[C@H]2C)C=CC1C(C)O. The molecular formula is C17H29NO3. The molecule has 0 amide bonds. The van der Waals surface area contributed by atoms with Gasteiger partial charge in [0.05, 0.1) is 18.8 Å². The highest BCUT2D eigenvalue weighted by molar-refractivity contribution is 5.22. The number of hydrogen-bond donors (Lipinski definition) is 1. The molecule has 1 fully saturated rings. The average molecular weight is 295 g/mol. The Morgan fingerprint density at radius 1 is 1.48 bits per heavy atom. The van der Waals surface area contributed by atoms with Crippen molar-refractivity contribution >= 4 is 0 Å². The van der Waals surface area contributed by atoms with Crippen LogP contribution in [-0.2, 0) is 9.47 Å². The van der Waals surface area contributed by atoms with E-state index >= 15 is 0 Å². The van der Waals surface area contributed by atoms with Gasteiger partial charge >= 0.3 is 0 Å². The van der Waals surface area contributed by atoms with Gasteiger partial charge in [-0.05, 0) is 51.8 Å². The Morgan fingerprint density at radius 3 is 2.90 bits per heavy atom. The first-order chi connectivity index (χ1) is 10.1. The van der Waals surface area contributed by atoms with Gasteiger partial charge in [0.1, 0.15) is 5.76 Å². The normalized spacial score (nSPS) is 31.2. The molecule has 0 saturated carbocycles. The van der Waals surface area contributed by atoms with Gasteiger partial charge in [-0.2, -0.15) is 0 Å². The predicted octanol–water partition coefficient (Wildman–Crippen LogP) is 2.34. The topological polar surface area (TPSA) is 41.9 Å². The van der Waals surface area contributed by atoms with Crippen molar-refractivity contribution in [2.75, 3.05) is 26.8 Å². The van der Waals surface area contributed by atoms with Crippen LogP contribution in [-0.4, -0.2) is 55.1 Å². The Morgan fingerprint density at radius 2 is 2.29 bits per heavy atom. The second-order valence-corrected chi connectivity index (χ2v) is 6.18. The van der Waals surface area contributed by atoms with E-state index in [4.69, 9.17) is 9.47 Å². The van der Waals surface area contributed by atoms with Gasteiger partial charge < -0.3 is 19.5 Å². The molecule has 0 bridgehead atoms. The first-order valence-corrected chi connectivity index (χ1v) is 8.09. The van der Waals surface area contributed by atoms with Gasteiger partial charge in [-0.15, -0.1) is 0 Å². The van der Waals surface area contributed by atoms with E-state index in [2.05, 4.69) is 11.8 Å². The number of likely N-dealkylation sites (tertiary alicyclic amines) is 1. The Balaban J connectivity index is 1.72. The van der Waals surface area contributed by atoms with E-state index in [1.807, 2.05) is 18.2 Å². The molecule has 1 heterocycles. The molecule has 0 radical (unpaired) electrons. The second-order valence-electron chi connectivity index (χ2n) is 6.18. The van der Waals surface area contributed by atoms with Crippen LogP contribution in [0.1, 0.15) is 33.1 Å². The number of hydrogen-bond acceptors (Lipinski definition) is 4. The van der Waals surface area contributed by atoms with Crippen LogP contribution in [0.3, 0.4) is 0 Å². The lowest BCUT2D eigenvalue weighted by Gasteiger charge is -2.27. The highest BCUT2D eigenvalue weighted by Gasteiger charge is 2.25. The minimum Gasteiger partial charge on any atom is -0.494 e. The quantitative estimate of drug-likeness (QED) is 0.732. The van der Waals surface area contributed by atoms with Crippen LogP contribution >= 0.6 is 0 Å². The molecule has 1 aliphatic heterocycles. The number of methoxy groups -OCH3 is 1. The third kappa shape index (κ3) is 4.56. The van der Waals surface area contributed by atoms with E-state index in [1.165, 1.54) is 19.4 Å². The highest BCUT2D eigenvalue weighted by atomic mass is 16.5. The molecule has 2 rings (SSSR count). The molecule has 1 saturated heterocycles. The molecule has 120 valence electrons. The molecule has 0 aromatic heterocycles. The van der Waals surface area contributed by atoms with Gasteiger partial charge in [0.15, 0.2) is 0 Å². The third-order valence-corrected chi connectivity index (χ3v) is 4.57. The Labute approximate surface area is 128 Å². The van der Waals surface area contributed by atoms with Crippen molar-refractivity contribution in [1.29, 1.82) is 0 Å². The smallest absolute Gasteiger partial charge is 0.117 e. The Hall–Kier alpha value is -0.840. The van der Waals surface area contributed by atoms with E-state index in [0.717, 1.165) is 31.4 Å². The molecule has 21 heavy (non-hydrogen) atoms. The molecule has 4 nitrogen and oxygen atoms in total. The molecule has 1 aliphatic carbocycles. The molecule has 3 unspecified atom stereocenters. The summed E-state index contributed by atoms with van der Waals surface area (Å²) in [5.41, 5.74) is 0. The van der Waals surface area contributed by atoms with Gasteiger partial charge in [-0.25, -0.2) is 0 Å². The summed E-state index contributed by atoms with van der Waals surface area (Å²) in [6.07, 6.45) is 9.08. The van der Waals surface area contributed by atoms with Crippen molar-refractivity contribution in [1.82, 2.24) is 4.90 Å². The van der Waals surface area contributed by atoms with Gasteiger partial charge in [0.25, 0.3) is 0 Å². The Kier molecular flexibility index (Phi) is 6.27. The molecule has 4 heteroatoms. The van der Waals surface area contributed by atoms with E-state index in [0.29, 0.717) is 0 Å². The molecular weight excluding hydrogens is 266 g/mol. The number of aliphatic hydroxyl groups is 1. The first-order valence-electron chi connectivity index (χ1n) is 8.09. The van der Waals surface area contributed by atoms with Gasteiger partial charge in [-0.3, -0.25) is 0 Å². The zero-order valence-corrected chi connectivity index (χ0v) is 13.5. The molecule has 0 aromatic carbocycles. The van der Waals surface area contributed by atoms with Crippen LogP contribution in [0.2, 0.25) is 0 Å². The maximum atomic E-state index is 9.72. The summed E-state index contributed by atoms with van der Waals surface area (Å²) >= 11 is 0. The standard InChI is InChI=1S/C17H29NO3/c1-13-6-4-9-18(13)10-5-11-21-15-7-8-16(14(2)19)17(12-15)20-3/h7-8,12-14,16-17,19H,4-6,9-11H2,1-3H3/t13-,14?,16?,17?/m1/s1. The maximum absolute atomic E-state index is 9.72. The van der Waals surface area contributed by atoms with Gasteiger partial charge in [0, 0.05) is 25.6 Å². The van der Waals surface area contributed by atoms with Crippen LogP contribution in [0.4, 0.5) is 0 Å². The van der Waals surface area contributed by atoms with Crippen molar-refractivity contribution in [2.24, 2.45) is 5.92 Å². The van der Waals surface area contributed by atoms with Crippen LogP contribution in [0, 0.1) is 5.92 Å². The summed E-state index contributed by atoms with van der Waals surface area (Å²) < 4.78 is 11.2. The van der Waals surface area contributed by atoms with Crippen molar-refractivity contribution in [2.45, 2.75) is 51.4 Å². The lowest BCUT2D eigenvalue weighted by atomic mass is 9.92. The second kappa shape index (κ2) is 7.97. The van der Waals surface area contributed by atoms with Crippen LogP contribution in [0.25, 0.3) is 0 Å². The number of aliphatic hydroxyl groups excluding tert-OH is 1. The van der Waals surface area contributed by atoms with E-state index in [9.17, 15) is 5.11 Å². The van der Waals surface area contributed by atoms with Gasteiger partial charge in [0.2, 0.25) is 0 Å². The van der Waals surface area contributed by atoms with Crippen LogP contribution in [0.5, 0.6) is 0 Å². The molecule has 4 atom stereocenters. The fourth-order valence-electron chi connectivity index (χ4n) is 3.18. The maximum Gasteiger partial charge on any atom is 0.117 e. The number of ether oxygens (including phenoxy) is 2. The summed E-state index contributed by atoms with van der Waals surface area (Å²) in [5.74, 6) is 0.862. The molecule has 0 spiro atoms. The van der Waals surface area contributed by atoms with E-state index in [1.54, 1.807) is 14.0 Å². The zero-order chi connectivity index (χ0) is 15.2. The molecule has 1 N–H and O–H groups in total. The number of allylic oxidation sites excluding steroid dienone is 1. The van der Waals surface area contributed by atoms with Gasteiger partial charge in [-0.1, -0.05) is 6.08 Å². The van der Waals surface area contributed by atoms with Crippen LogP contribution < -0.4 is 0 Å². The number of nitrogens with zero attached hydrogens (tertiary/aromatic N) is 1. The monoisotopic (exact) mass is 295 g/mol. The number of rotatable bonds is 7. The van der Waals surface area contributed by atoms with Crippen molar-refractivity contribution in [3.05, 3.63) is 24.0 Å². The van der Waals surface area contributed by atoms with Crippen LogP contribution in [0.15, 0.2) is 24.0 Å². The van der Waals surface area contributed by atoms with E-state index in [-0.39, 0.29) is 12.0 Å². The highest BCUT2D eigenvalue weighted by Crippen LogP contribution is 2.23. The van der Waals surface area contributed by atoms with Crippen molar-refractivity contribution in [3.63, 3.8) is 0 Å². The summed E-state index contributed by atoms with van der Waals surface area (Å²) in [6.45, 7) is 7.17. The zero-order valence-electron chi connectivity index (χ0n) is 13.5. The van der Waals surface area contributed by atoms with E-state index < -0.39 is 6.10 Å². The average Bonchev–Trinajstić information content (AvgIpc) is 2.88. The summed E-state index contributed by atoms with van der Waals surface area (Å²) in [5, 5.41) is 9.72. The first kappa shape index (κ1) is 16.5. The minimum atomic E-state index is -0.416. The third-order valence-electron chi connectivity index (χ3n) is 4.57. The summed E-state index contributed by atoms with van der Waals surface area (Å²) in [4.78, 5) is 2.54.